The van der Waals surface area contributed by atoms with Crippen molar-refractivity contribution < 1.29 is 4.79 Å². The minimum absolute atomic E-state index is 0.106. The number of carbonyl (C=O) groups excluding carboxylic acids is 1. The van der Waals surface area contributed by atoms with Crippen molar-refractivity contribution in [3.05, 3.63) is 12.3 Å². The van der Waals surface area contributed by atoms with Crippen molar-refractivity contribution in [2.75, 3.05) is 0 Å². The van der Waals surface area contributed by atoms with Gasteiger partial charge >= 0.3 is 0 Å². The van der Waals surface area contributed by atoms with Crippen LogP contribution in [0.1, 0.15) is 19.8 Å². The van der Waals surface area contributed by atoms with Crippen LogP contribution in [0.2, 0.25) is 0 Å². The Labute approximate surface area is 49.4 Å². The summed E-state index contributed by atoms with van der Waals surface area (Å²) >= 11 is 0. The van der Waals surface area contributed by atoms with Crippen molar-refractivity contribution >= 4 is 5.78 Å². The van der Waals surface area contributed by atoms with Crippen molar-refractivity contribution in [3.63, 3.8) is 0 Å². The quantitative estimate of drug-likeness (QED) is 0.551. The van der Waals surface area contributed by atoms with Crippen molar-refractivity contribution in [3.8, 4) is 0 Å². The minimum atomic E-state index is 0.106. The van der Waals surface area contributed by atoms with Gasteiger partial charge in [0.05, 0.1) is 0 Å². The lowest BCUT2D eigenvalue weighted by atomic mass is 10.2. The van der Waals surface area contributed by atoms with Crippen LogP contribution in [0.5, 0.6) is 0 Å². The Morgan fingerprint density at radius 1 is 1.75 bits per heavy atom. The summed E-state index contributed by atoms with van der Waals surface area (Å²) in [5.74, 6) is 0.106. The summed E-state index contributed by atoms with van der Waals surface area (Å²) in [5, 5.41) is 0. The third-order valence-corrected chi connectivity index (χ3v) is 0.779. The normalized spacial score (nSPS) is 10.1. The first-order chi connectivity index (χ1) is 3.81. The highest BCUT2D eigenvalue weighted by molar-refractivity contribution is 5.89. The zero-order valence-electron chi connectivity index (χ0n) is 5.05. The van der Waals surface area contributed by atoms with E-state index in [1.54, 1.807) is 0 Å². The van der Waals surface area contributed by atoms with Gasteiger partial charge in [-0.05, 0) is 18.7 Å². The first kappa shape index (κ1) is 7.21. The summed E-state index contributed by atoms with van der Waals surface area (Å²) in [4.78, 5) is 10.5. The Kier molecular flexibility index (Phi) is 3.94. The van der Waals surface area contributed by atoms with E-state index in [0.717, 1.165) is 6.42 Å². The van der Waals surface area contributed by atoms with Gasteiger partial charge in [0, 0.05) is 6.42 Å². The third-order valence-electron chi connectivity index (χ3n) is 0.779. The maximum absolute atomic E-state index is 10.5. The van der Waals surface area contributed by atoms with E-state index in [4.69, 9.17) is 5.73 Å². The van der Waals surface area contributed by atoms with Crippen molar-refractivity contribution in [2.45, 2.75) is 19.8 Å². The molecule has 0 aliphatic rings. The zero-order chi connectivity index (χ0) is 6.41. The fourth-order valence-corrected chi connectivity index (χ4v) is 0.437. The fourth-order valence-electron chi connectivity index (χ4n) is 0.437. The highest BCUT2D eigenvalue weighted by Crippen LogP contribution is 1.88. The number of carbonyl (C=O) groups is 1. The highest BCUT2D eigenvalue weighted by Gasteiger charge is 1.89. The van der Waals surface area contributed by atoms with Crippen LogP contribution in [0, 0.1) is 0 Å². The van der Waals surface area contributed by atoms with Crippen LogP contribution in [-0.4, -0.2) is 5.78 Å². The Hall–Kier alpha value is -0.790. The van der Waals surface area contributed by atoms with Gasteiger partial charge in [0.1, 0.15) is 0 Å². The second-order valence-electron chi connectivity index (χ2n) is 1.58. The lowest BCUT2D eigenvalue weighted by Crippen LogP contribution is -1.91. The second-order valence-corrected chi connectivity index (χ2v) is 1.58. The largest absolute Gasteiger partial charge is 0.404 e. The molecule has 0 aromatic carbocycles. The molecular formula is C6H11NO. The lowest BCUT2D eigenvalue weighted by molar-refractivity contribution is -0.114. The molecule has 0 saturated carbocycles. The third kappa shape index (κ3) is 3.40. The molecule has 0 rings (SSSR count). The van der Waals surface area contributed by atoms with Gasteiger partial charge in [-0.1, -0.05) is 6.92 Å². The first-order valence-corrected chi connectivity index (χ1v) is 2.72. The highest BCUT2D eigenvalue weighted by atomic mass is 16.1. The number of hydrogen-bond donors (Lipinski definition) is 1. The zero-order valence-corrected chi connectivity index (χ0v) is 5.05. The van der Waals surface area contributed by atoms with E-state index in [2.05, 4.69) is 0 Å². The maximum Gasteiger partial charge on any atom is 0.157 e. The van der Waals surface area contributed by atoms with Gasteiger partial charge in [-0.2, -0.15) is 0 Å². The predicted molar refractivity (Wildman–Crippen MR) is 33.2 cm³/mol. The summed E-state index contributed by atoms with van der Waals surface area (Å²) in [6.45, 7) is 1.96. The first-order valence-electron chi connectivity index (χ1n) is 2.72. The molecule has 0 fully saturated rings. The molecule has 0 amide bonds. The van der Waals surface area contributed by atoms with E-state index in [1.165, 1.54) is 12.3 Å². The SMILES string of the molecule is CCCC(=O)/C=C/N. The molecule has 2 heteroatoms. The van der Waals surface area contributed by atoms with Gasteiger partial charge in [0.25, 0.3) is 0 Å². The van der Waals surface area contributed by atoms with E-state index in [9.17, 15) is 4.79 Å². The smallest absolute Gasteiger partial charge is 0.157 e. The fraction of sp³-hybridized carbons (Fsp3) is 0.500. The van der Waals surface area contributed by atoms with Crippen LogP contribution < -0.4 is 5.73 Å². The Morgan fingerprint density at radius 3 is 2.75 bits per heavy atom. The van der Waals surface area contributed by atoms with Gasteiger partial charge in [-0.3, -0.25) is 4.79 Å². The van der Waals surface area contributed by atoms with Gasteiger partial charge in [-0.25, -0.2) is 0 Å². The molecule has 8 heavy (non-hydrogen) atoms. The molecule has 46 valence electrons. The molecule has 0 aromatic heterocycles. The van der Waals surface area contributed by atoms with Gasteiger partial charge < -0.3 is 5.73 Å². The second kappa shape index (κ2) is 4.37. The molecule has 2 nitrogen and oxygen atoms in total. The number of hydrogen-bond acceptors (Lipinski definition) is 2. The van der Waals surface area contributed by atoms with E-state index >= 15 is 0 Å². The summed E-state index contributed by atoms with van der Waals surface area (Å²) in [6.07, 6.45) is 4.17. The van der Waals surface area contributed by atoms with Crippen LogP contribution in [0.3, 0.4) is 0 Å². The molecule has 0 atom stereocenters. The molecule has 0 aliphatic carbocycles. The number of allylic oxidation sites excluding steroid dienone is 1. The standard InChI is InChI=1S/C6H11NO/c1-2-3-6(8)4-5-7/h4-5H,2-3,7H2,1H3/b5-4+. The van der Waals surface area contributed by atoms with E-state index in [-0.39, 0.29) is 5.78 Å². The van der Waals surface area contributed by atoms with Crippen molar-refractivity contribution in [1.82, 2.24) is 0 Å². The molecule has 0 aliphatic heterocycles. The monoisotopic (exact) mass is 113 g/mol. The molecule has 2 N–H and O–H groups in total. The molecule has 0 saturated heterocycles. The molecule has 0 unspecified atom stereocenters. The van der Waals surface area contributed by atoms with Crippen LogP contribution in [0.4, 0.5) is 0 Å². The number of rotatable bonds is 3. The Morgan fingerprint density at radius 2 is 2.38 bits per heavy atom. The van der Waals surface area contributed by atoms with E-state index < -0.39 is 0 Å². The lowest BCUT2D eigenvalue weighted by Gasteiger charge is -1.84. The molecule has 0 radical (unpaired) electrons. The molecule has 0 bridgehead atoms. The van der Waals surface area contributed by atoms with E-state index in [0.29, 0.717) is 6.42 Å². The molecule has 0 heterocycles. The summed E-state index contributed by atoms with van der Waals surface area (Å²) < 4.78 is 0. The number of nitrogens with two attached hydrogens (primary N) is 1. The average Bonchev–Trinajstić information content (AvgIpc) is 1.68. The topological polar surface area (TPSA) is 43.1 Å². The van der Waals surface area contributed by atoms with Crippen molar-refractivity contribution in [2.24, 2.45) is 5.73 Å². The molecular weight excluding hydrogens is 102 g/mol. The van der Waals surface area contributed by atoms with Crippen LogP contribution in [0.25, 0.3) is 0 Å². The number of ketones is 1. The minimum Gasteiger partial charge on any atom is -0.404 e. The van der Waals surface area contributed by atoms with Gasteiger partial charge in [0.15, 0.2) is 5.78 Å². The Balaban J connectivity index is 3.33. The van der Waals surface area contributed by atoms with Gasteiger partial charge in [0.2, 0.25) is 0 Å². The molecule has 0 spiro atoms. The van der Waals surface area contributed by atoms with E-state index in [1.807, 2.05) is 6.92 Å². The summed E-state index contributed by atoms with van der Waals surface area (Å²) in [6, 6.07) is 0. The van der Waals surface area contributed by atoms with Gasteiger partial charge in [-0.15, -0.1) is 0 Å². The van der Waals surface area contributed by atoms with Crippen LogP contribution in [0.15, 0.2) is 12.3 Å². The Bertz CT molecular complexity index is 96.7. The summed E-state index contributed by atoms with van der Waals surface area (Å²) in [5.41, 5.74) is 4.96. The molecule has 0 aromatic rings. The maximum atomic E-state index is 10.5. The predicted octanol–water partition coefficient (Wildman–Crippen LogP) is 0.828. The van der Waals surface area contributed by atoms with Crippen molar-refractivity contribution in [1.29, 1.82) is 0 Å². The average molecular weight is 113 g/mol. The summed E-state index contributed by atoms with van der Waals surface area (Å²) in [7, 11) is 0. The van der Waals surface area contributed by atoms with Crippen LogP contribution >= 0.6 is 0 Å². The van der Waals surface area contributed by atoms with Crippen LogP contribution in [-0.2, 0) is 4.79 Å².